The van der Waals surface area contributed by atoms with Crippen molar-refractivity contribution in [3.8, 4) is 10.6 Å². The van der Waals surface area contributed by atoms with Gasteiger partial charge in [0.1, 0.15) is 5.01 Å². The van der Waals surface area contributed by atoms with Gasteiger partial charge in [0.2, 0.25) is 5.78 Å². The maximum Gasteiger partial charge on any atom is 0.358 e. The second-order valence-electron chi connectivity index (χ2n) is 5.37. The van der Waals surface area contributed by atoms with E-state index in [1.165, 1.54) is 11.3 Å². The van der Waals surface area contributed by atoms with Crippen molar-refractivity contribution in [1.29, 1.82) is 0 Å². The molecule has 0 atom stereocenters. The van der Waals surface area contributed by atoms with Gasteiger partial charge in [0.15, 0.2) is 12.3 Å². The highest BCUT2D eigenvalue weighted by Gasteiger charge is 2.17. The van der Waals surface area contributed by atoms with Crippen LogP contribution in [0.4, 0.5) is 0 Å². The van der Waals surface area contributed by atoms with Gasteiger partial charge in [-0.15, -0.1) is 22.7 Å². The van der Waals surface area contributed by atoms with Crippen LogP contribution in [-0.2, 0) is 4.74 Å². The van der Waals surface area contributed by atoms with E-state index in [2.05, 4.69) is 4.98 Å². The predicted octanol–water partition coefficient (Wildman–Crippen LogP) is 5.18. The molecule has 128 valence electrons. The van der Waals surface area contributed by atoms with Gasteiger partial charge in [0, 0.05) is 31.3 Å². The van der Waals surface area contributed by atoms with E-state index in [-0.39, 0.29) is 18.1 Å². The molecule has 0 aliphatic carbocycles. The fourth-order valence-corrected chi connectivity index (χ4v) is 4.23. The summed E-state index contributed by atoms with van der Waals surface area (Å²) in [6.07, 6.45) is 0. The quantitative estimate of drug-likeness (QED) is 0.444. The first-order valence-corrected chi connectivity index (χ1v) is 9.50. The Kier molecular flexibility index (Phi) is 5.32. The van der Waals surface area contributed by atoms with Crippen molar-refractivity contribution in [3.63, 3.8) is 0 Å². The van der Waals surface area contributed by atoms with Crippen molar-refractivity contribution in [3.05, 3.63) is 61.7 Å². The largest absolute Gasteiger partial charge is 0.453 e. The van der Waals surface area contributed by atoms with Crippen LogP contribution >= 0.6 is 34.3 Å². The summed E-state index contributed by atoms with van der Waals surface area (Å²) in [5, 5.41) is 2.89. The molecule has 2 heterocycles. The molecule has 0 amide bonds. The van der Waals surface area contributed by atoms with Crippen molar-refractivity contribution in [1.82, 2.24) is 4.98 Å². The van der Waals surface area contributed by atoms with E-state index in [1.807, 2.05) is 32.0 Å². The molecule has 0 saturated heterocycles. The lowest BCUT2D eigenvalue weighted by Crippen LogP contribution is -2.14. The van der Waals surface area contributed by atoms with E-state index in [1.54, 1.807) is 28.8 Å². The number of aromatic nitrogens is 1. The van der Waals surface area contributed by atoms with Crippen LogP contribution in [0.1, 0.15) is 30.6 Å². The van der Waals surface area contributed by atoms with E-state index in [0.29, 0.717) is 15.6 Å². The molecule has 7 heteroatoms. The molecule has 3 aromatic rings. The third kappa shape index (κ3) is 4.15. The second kappa shape index (κ2) is 7.47. The average Bonchev–Trinajstić information content (AvgIpc) is 3.19. The molecular formula is C18H14ClNO3S2. The van der Waals surface area contributed by atoms with Gasteiger partial charge in [-0.1, -0.05) is 23.7 Å². The topological polar surface area (TPSA) is 56.3 Å². The average molecular weight is 392 g/mol. The molecule has 4 nitrogen and oxygen atoms in total. The SMILES string of the molecule is Cc1cc(C(=O)COC(=O)c2csc(-c3cccc(Cl)c3)n2)c(C)s1. The van der Waals surface area contributed by atoms with Gasteiger partial charge in [-0.05, 0) is 32.0 Å². The third-order valence-electron chi connectivity index (χ3n) is 3.46. The Labute approximate surface area is 158 Å². The molecule has 0 bridgehead atoms. The van der Waals surface area contributed by atoms with Crippen LogP contribution in [0.15, 0.2) is 35.7 Å². The monoisotopic (exact) mass is 391 g/mol. The number of esters is 1. The molecule has 3 rings (SSSR count). The Balaban J connectivity index is 1.66. The van der Waals surface area contributed by atoms with Crippen LogP contribution in [-0.4, -0.2) is 23.3 Å². The van der Waals surface area contributed by atoms with Crippen molar-refractivity contribution < 1.29 is 14.3 Å². The molecular weight excluding hydrogens is 378 g/mol. The summed E-state index contributed by atoms with van der Waals surface area (Å²) in [6, 6.07) is 9.05. The van der Waals surface area contributed by atoms with Gasteiger partial charge in [-0.2, -0.15) is 0 Å². The fraction of sp³-hybridized carbons (Fsp3) is 0.167. The van der Waals surface area contributed by atoms with Gasteiger partial charge in [0.25, 0.3) is 0 Å². The number of benzene rings is 1. The molecule has 25 heavy (non-hydrogen) atoms. The van der Waals surface area contributed by atoms with Gasteiger partial charge in [-0.25, -0.2) is 9.78 Å². The van der Waals surface area contributed by atoms with E-state index in [4.69, 9.17) is 16.3 Å². The van der Waals surface area contributed by atoms with Crippen LogP contribution in [0.3, 0.4) is 0 Å². The van der Waals surface area contributed by atoms with E-state index >= 15 is 0 Å². The van der Waals surface area contributed by atoms with Crippen LogP contribution in [0.5, 0.6) is 0 Å². The number of halogens is 1. The van der Waals surface area contributed by atoms with Gasteiger partial charge < -0.3 is 4.74 Å². The summed E-state index contributed by atoms with van der Waals surface area (Å²) in [4.78, 5) is 30.6. The molecule has 0 aliphatic heterocycles. The first kappa shape index (κ1) is 17.8. The van der Waals surface area contributed by atoms with Crippen molar-refractivity contribution in [2.24, 2.45) is 0 Å². The van der Waals surface area contributed by atoms with Crippen molar-refractivity contribution >= 4 is 46.0 Å². The van der Waals surface area contributed by atoms with Crippen molar-refractivity contribution in [2.45, 2.75) is 13.8 Å². The standard InChI is InChI=1S/C18H14ClNO3S2/c1-10-6-14(11(2)25-10)16(21)8-23-18(22)15-9-24-17(20-15)12-4-3-5-13(19)7-12/h3-7,9H,8H2,1-2H3. The minimum Gasteiger partial charge on any atom is -0.453 e. The fourth-order valence-electron chi connectivity index (χ4n) is 2.31. The maximum atomic E-state index is 12.2. The molecule has 0 unspecified atom stereocenters. The number of ketones is 1. The Hall–Kier alpha value is -2.02. The van der Waals surface area contributed by atoms with Gasteiger partial charge in [0.05, 0.1) is 0 Å². The Bertz CT molecular complexity index is 945. The number of rotatable bonds is 5. The lowest BCUT2D eigenvalue weighted by molar-refractivity contribution is 0.0470. The number of Topliss-reactive ketones (excluding diaryl/α,β-unsaturated/α-hetero) is 1. The molecule has 0 aliphatic rings. The summed E-state index contributed by atoms with van der Waals surface area (Å²) in [7, 11) is 0. The summed E-state index contributed by atoms with van der Waals surface area (Å²) >= 11 is 8.84. The number of aryl methyl sites for hydroxylation is 2. The minimum atomic E-state index is -0.609. The number of carbonyl (C=O) groups excluding carboxylic acids is 2. The van der Waals surface area contributed by atoms with Crippen LogP contribution in [0.2, 0.25) is 5.02 Å². The predicted molar refractivity (Wildman–Crippen MR) is 101 cm³/mol. The molecule has 0 N–H and O–H groups in total. The molecule has 0 spiro atoms. The van der Waals surface area contributed by atoms with Gasteiger partial charge >= 0.3 is 5.97 Å². The summed E-state index contributed by atoms with van der Waals surface area (Å²) < 4.78 is 5.12. The zero-order valence-corrected chi connectivity index (χ0v) is 15.9. The number of thiazole rings is 1. The Morgan fingerprint density at radius 2 is 2.04 bits per heavy atom. The lowest BCUT2D eigenvalue weighted by atomic mass is 10.2. The molecule has 0 saturated carbocycles. The van der Waals surface area contributed by atoms with E-state index in [0.717, 1.165) is 15.3 Å². The van der Waals surface area contributed by atoms with E-state index < -0.39 is 5.97 Å². The normalized spacial score (nSPS) is 10.7. The van der Waals surface area contributed by atoms with Crippen LogP contribution < -0.4 is 0 Å². The Morgan fingerprint density at radius 3 is 2.72 bits per heavy atom. The van der Waals surface area contributed by atoms with E-state index in [9.17, 15) is 9.59 Å². The van der Waals surface area contributed by atoms with Crippen LogP contribution in [0.25, 0.3) is 10.6 Å². The lowest BCUT2D eigenvalue weighted by Gasteiger charge is -2.02. The highest BCUT2D eigenvalue weighted by Crippen LogP contribution is 2.26. The third-order valence-corrected chi connectivity index (χ3v) is 5.55. The second-order valence-corrected chi connectivity index (χ2v) is 8.13. The number of ether oxygens (including phenoxy) is 1. The van der Waals surface area contributed by atoms with Gasteiger partial charge in [-0.3, -0.25) is 4.79 Å². The highest BCUT2D eigenvalue weighted by atomic mass is 35.5. The molecule has 1 aromatic carbocycles. The summed E-state index contributed by atoms with van der Waals surface area (Å²) in [5.41, 5.74) is 1.62. The number of carbonyl (C=O) groups is 2. The summed E-state index contributed by atoms with van der Waals surface area (Å²) in [6.45, 7) is 3.53. The Morgan fingerprint density at radius 1 is 1.24 bits per heavy atom. The minimum absolute atomic E-state index is 0.186. The highest BCUT2D eigenvalue weighted by molar-refractivity contribution is 7.13. The first-order valence-electron chi connectivity index (χ1n) is 7.43. The number of thiophene rings is 1. The van der Waals surface area contributed by atoms with Crippen LogP contribution in [0, 0.1) is 13.8 Å². The zero-order chi connectivity index (χ0) is 18.0. The summed E-state index contributed by atoms with van der Waals surface area (Å²) in [5.74, 6) is -0.817. The zero-order valence-electron chi connectivity index (χ0n) is 13.5. The number of hydrogen-bond donors (Lipinski definition) is 0. The molecule has 2 aromatic heterocycles. The maximum absolute atomic E-state index is 12.2. The number of hydrogen-bond acceptors (Lipinski definition) is 6. The molecule has 0 fully saturated rings. The van der Waals surface area contributed by atoms with Crippen molar-refractivity contribution in [2.75, 3.05) is 6.61 Å². The molecule has 0 radical (unpaired) electrons. The first-order chi connectivity index (χ1) is 11.9. The smallest absolute Gasteiger partial charge is 0.358 e. The number of nitrogens with zero attached hydrogens (tertiary/aromatic N) is 1.